The molecule has 3 rings (SSSR count). The van der Waals surface area contributed by atoms with Crippen molar-refractivity contribution in [3.63, 3.8) is 0 Å². The maximum absolute atomic E-state index is 12.8. The van der Waals surface area contributed by atoms with E-state index in [9.17, 15) is 14.4 Å². The lowest BCUT2D eigenvalue weighted by Crippen LogP contribution is -2.18. The van der Waals surface area contributed by atoms with Crippen molar-refractivity contribution >= 4 is 40.1 Å². The van der Waals surface area contributed by atoms with Crippen molar-refractivity contribution in [3.05, 3.63) is 64.4 Å². The first-order valence-corrected chi connectivity index (χ1v) is 9.46. The molecule has 0 fully saturated rings. The van der Waals surface area contributed by atoms with E-state index in [-0.39, 0.29) is 42.0 Å². The van der Waals surface area contributed by atoms with Gasteiger partial charge in [-0.15, -0.1) is 0 Å². The number of nitrogens with zero attached hydrogens (tertiary/aromatic N) is 2. The highest BCUT2D eigenvalue weighted by Crippen LogP contribution is 2.24. The largest absolute Gasteiger partial charge is 0.461 e. The molecule has 29 heavy (non-hydrogen) atoms. The molecule has 1 heterocycles. The van der Waals surface area contributed by atoms with Crippen LogP contribution in [0.1, 0.15) is 45.2 Å². The Balaban J connectivity index is 1.97. The summed E-state index contributed by atoms with van der Waals surface area (Å²) >= 11 is 6.20. The van der Waals surface area contributed by atoms with Gasteiger partial charge in [0.25, 0.3) is 0 Å². The second-order valence-corrected chi connectivity index (χ2v) is 6.47. The molecule has 0 unspecified atom stereocenters. The van der Waals surface area contributed by atoms with Crippen molar-refractivity contribution < 1.29 is 23.9 Å². The van der Waals surface area contributed by atoms with E-state index in [1.165, 1.54) is 0 Å². The van der Waals surface area contributed by atoms with Gasteiger partial charge in [-0.2, -0.15) is 5.10 Å². The van der Waals surface area contributed by atoms with Crippen LogP contribution in [0, 0.1) is 0 Å². The molecule has 150 valence electrons. The minimum Gasteiger partial charge on any atom is -0.461 e. The molecular formula is C21H19ClN2O5. The van der Waals surface area contributed by atoms with Crippen LogP contribution < -0.4 is 0 Å². The Morgan fingerprint density at radius 3 is 2.31 bits per heavy atom. The van der Waals surface area contributed by atoms with E-state index in [0.717, 1.165) is 15.5 Å². The summed E-state index contributed by atoms with van der Waals surface area (Å²) in [7, 11) is 0. The van der Waals surface area contributed by atoms with Crippen LogP contribution in [0.4, 0.5) is 0 Å². The van der Waals surface area contributed by atoms with Crippen LogP contribution in [0.15, 0.2) is 42.5 Å². The lowest BCUT2D eigenvalue weighted by molar-refractivity contribution is 0.0505. The zero-order valence-electron chi connectivity index (χ0n) is 16.0. The van der Waals surface area contributed by atoms with Crippen LogP contribution in [0.25, 0.3) is 10.8 Å². The highest BCUT2D eigenvalue weighted by Gasteiger charge is 2.29. The smallest absolute Gasteiger partial charge is 0.360 e. The fraction of sp³-hybridized carbons (Fsp3) is 0.238. The summed E-state index contributed by atoms with van der Waals surface area (Å²) < 4.78 is 11.0. The summed E-state index contributed by atoms with van der Waals surface area (Å²) in [5.74, 6) is -1.84. The van der Waals surface area contributed by atoms with Gasteiger partial charge in [-0.3, -0.25) is 4.79 Å². The van der Waals surface area contributed by atoms with Crippen molar-refractivity contribution in [2.45, 2.75) is 20.4 Å². The number of ether oxygens (including phenoxy) is 2. The number of ketones is 1. The van der Waals surface area contributed by atoms with Crippen molar-refractivity contribution in [2.24, 2.45) is 0 Å². The van der Waals surface area contributed by atoms with E-state index in [1.807, 2.05) is 30.3 Å². The molecule has 0 radical (unpaired) electrons. The Hall–Kier alpha value is -3.19. The van der Waals surface area contributed by atoms with Crippen LogP contribution >= 0.6 is 11.6 Å². The molecule has 0 atom stereocenters. The van der Waals surface area contributed by atoms with E-state index in [1.54, 1.807) is 26.0 Å². The third-order valence-corrected chi connectivity index (χ3v) is 4.56. The number of Topliss-reactive ketones (excluding diaryl/α,β-unsaturated/α-hetero) is 1. The predicted molar refractivity (Wildman–Crippen MR) is 107 cm³/mol. The third-order valence-electron chi connectivity index (χ3n) is 4.20. The summed E-state index contributed by atoms with van der Waals surface area (Å²) in [5, 5.41) is 5.76. The normalized spacial score (nSPS) is 10.7. The summed E-state index contributed by atoms with van der Waals surface area (Å²) in [6, 6.07) is 13.0. The van der Waals surface area contributed by atoms with Crippen molar-refractivity contribution in [1.29, 1.82) is 0 Å². The third kappa shape index (κ3) is 4.30. The molecule has 7 nitrogen and oxygen atoms in total. The van der Waals surface area contributed by atoms with Crippen LogP contribution in [0.2, 0.25) is 5.02 Å². The molecule has 0 saturated carbocycles. The van der Waals surface area contributed by atoms with Gasteiger partial charge in [-0.05, 0) is 30.7 Å². The number of carbonyl (C=O) groups excluding carboxylic acids is 3. The molecule has 0 amide bonds. The molecule has 0 aliphatic heterocycles. The molecule has 0 aliphatic carbocycles. The van der Waals surface area contributed by atoms with Crippen LogP contribution in [0.3, 0.4) is 0 Å². The minimum absolute atomic E-state index is 0.105. The van der Waals surface area contributed by atoms with Gasteiger partial charge in [-0.25, -0.2) is 14.3 Å². The topological polar surface area (TPSA) is 87.5 Å². The maximum Gasteiger partial charge on any atom is 0.360 e. The van der Waals surface area contributed by atoms with Gasteiger partial charge in [-0.1, -0.05) is 48.0 Å². The molecule has 0 aliphatic rings. The number of benzene rings is 2. The maximum atomic E-state index is 12.8. The van der Waals surface area contributed by atoms with Crippen LogP contribution in [-0.4, -0.2) is 40.7 Å². The highest BCUT2D eigenvalue weighted by molar-refractivity contribution is 6.36. The van der Waals surface area contributed by atoms with E-state index in [2.05, 4.69) is 5.10 Å². The number of fused-ring (bicyclic) bond motifs is 1. The number of aromatic nitrogens is 2. The monoisotopic (exact) mass is 414 g/mol. The standard InChI is InChI=1S/C21H19ClN2O5/c1-3-28-20(26)18-17(22)19(21(27)29-4-2)24(23-18)12-16(25)15-10-9-13-7-5-6-8-14(13)11-15/h5-11H,3-4,12H2,1-2H3. The SMILES string of the molecule is CCOC(=O)c1nn(CC(=O)c2ccc3ccccc3c2)c(C(=O)OCC)c1Cl. The highest BCUT2D eigenvalue weighted by atomic mass is 35.5. The second kappa shape index (κ2) is 8.87. The van der Waals surface area contributed by atoms with Crippen LogP contribution in [-0.2, 0) is 16.0 Å². The molecule has 8 heteroatoms. The molecule has 0 saturated heterocycles. The fourth-order valence-corrected chi connectivity index (χ4v) is 3.16. The minimum atomic E-state index is -0.778. The van der Waals surface area contributed by atoms with Crippen molar-refractivity contribution in [2.75, 3.05) is 13.2 Å². The lowest BCUT2D eigenvalue weighted by atomic mass is 10.0. The van der Waals surface area contributed by atoms with E-state index in [0.29, 0.717) is 5.56 Å². The molecule has 3 aromatic rings. The van der Waals surface area contributed by atoms with Gasteiger partial charge in [0.05, 0.1) is 13.2 Å². The molecule has 0 N–H and O–H groups in total. The summed E-state index contributed by atoms with van der Waals surface area (Å²) in [4.78, 5) is 37.3. The molecule has 0 spiro atoms. The van der Waals surface area contributed by atoms with E-state index < -0.39 is 11.9 Å². The van der Waals surface area contributed by atoms with Gasteiger partial charge in [0.1, 0.15) is 11.6 Å². The van der Waals surface area contributed by atoms with Gasteiger partial charge >= 0.3 is 11.9 Å². The average molecular weight is 415 g/mol. The van der Waals surface area contributed by atoms with Gasteiger partial charge in [0, 0.05) is 5.56 Å². The number of halogens is 1. The number of hydrogen-bond acceptors (Lipinski definition) is 6. The average Bonchev–Trinajstić information content (AvgIpc) is 3.04. The Labute approximate surface area is 172 Å². The Bertz CT molecular complexity index is 1090. The number of hydrogen-bond donors (Lipinski definition) is 0. The summed E-state index contributed by atoms with van der Waals surface area (Å²) in [6.07, 6.45) is 0. The number of esters is 2. The summed E-state index contributed by atoms with van der Waals surface area (Å²) in [5.41, 5.74) is 0.0522. The Morgan fingerprint density at radius 2 is 1.62 bits per heavy atom. The zero-order chi connectivity index (χ0) is 21.0. The second-order valence-electron chi connectivity index (χ2n) is 6.09. The summed E-state index contributed by atoms with van der Waals surface area (Å²) in [6.45, 7) is 3.21. The number of carbonyl (C=O) groups is 3. The first-order valence-electron chi connectivity index (χ1n) is 9.08. The molecule has 2 aromatic carbocycles. The lowest BCUT2D eigenvalue weighted by Gasteiger charge is -2.07. The molecular weight excluding hydrogens is 396 g/mol. The quantitative estimate of drug-likeness (QED) is 0.430. The van der Waals surface area contributed by atoms with Crippen LogP contribution in [0.5, 0.6) is 0 Å². The predicted octanol–water partition coefficient (Wildman–Crippen LogP) is 3.93. The van der Waals surface area contributed by atoms with E-state index >= 15 is 0 Å². The number of rotatable bonds is 7. The van der Waals surface area contributed by atoms with E-state index in [4.69, 9.17) is 21.1 Å². The van der Waals surface area contributed by atoms with Gasteiger partial charge in [0.2, 0.25) is 0 Å². The fourth-order valence-electron chi connectivity index (χ4n) is 2.87. The molecule has 0 bridgehead atoms. The zero-order valence-corrected chi connectivity index (χ0v) is 16.7. The van der Waals surface area contributed by atoms with Crippen molar-refractivity contribution in [1.82, 2.24) is 9.78 Å². The van der Waals surface area contributed by atoms with Crippen molar-refractivity contribution in [3.8, 4) is 0 Å². The molecule has 1 aromatic heterocycles. The Morgan fingerprint density at radius 1 is 0.966 bits per heavy atom. The first kappa shape index (κ1) is 20.5. The van der Waals surface area contributed by atoms with Gasteiger partial charge < -0.3 is 9.47 Å². The first-order chi connectivity index (χ1) is 14.0. The Kier molecular flexibility index (Phi) is 6.29. The van der Waals surface area contributed by atoms with Gasteiger partial charge in [0.15, 0.2) is 17.2 Å².